The molecule has 5 heteroatoms. The summed E-state index contributed by atoms with van der Waals surface area (Å²) in [5, 5.41) is 9.96. The Morgan fingerprint density at radius 1 is 1.42 bits per heavy atom. The summed E-state index contributed by atoms with van der Waals surface area (Å²) in [6, 6.07) is 1.95. The van der Waals surface area contributed by atoms with Crippen LogP contribution in [0.2, 0.25) is 0 Å². The second kappa shape index (κ2) is 7.09. The Balaban J connectivity index is 1.84. The number of rotatable bonds is 7. The summed E-state index contributed by atoms with van der Waals surface area (Å²) >= 11 is 0. The first-order valence-electron chi connectivity index (χ1n) is 6.93. The van der Waals surface area contributed by atoms with Gasteiger partial charge in [0, 0.05) is 19.2 Å². The molecule has 1 fully saturated rings. The van der Waals surface area contributed by atoms with Gasteiger partial charge in [0.2, 0.25) is 0 Å². The fourth-order valence-electron chi connectivity index (χ4n) is 2.29. The normalized spacial score (nSPS) is 18.3. The van der Waals surface area contributed by atoms with E-state index in [-0.39, 0.29) is 0 Å². The van der Waals surface area contributed by atoms with Crippen molar-refractivity contribution in [2.45, 2.75) is 19.8 Å². The van der Waals surface area contributed by atoms with Crippen LogP contribution < -0.4 is 16.0 Å². The molecule has 3 N–H and O–H groups in total. The van der Waals surface area contributed by atoms with E-state index in [1.54, 1.807) is 0 Å². The number of aryl methyl sites for hydroxylation is 1. The van der Waals surface area contributed by atoms with E-state index in [4.69, 9.17) is 0 Å². The SMILES string of the molecule is C=CCNc1cc(NCCC2CCNC2)nc(C)n1. The van der Waals surface area contributed by atoms with Crippen molar-refractivity contribution >= 4 is 11.6 Å². The van der Waals surface area contributed by atoms with Crippen LogP contribution in [0.3, 0.4) is 0 Å². The van der Waals surface area contributed by atoms with Crippen LogP contribution in [0.1, 0.15) is 18.7 Å². The lowest BCUT2D eigenvalue weighted by molar-refractivity contribution is 0.549. The van der Waals surface area contributed by atoms with Gasteiger partial charge in [0.05, 0.1) is 0 Å². The fraction of sp³-hybridized carbons (Fsp3) is 0.571. The Bertz CT molecular complexity index is 412. The number of anilines is 2. The lowest BCUT2D eigenvalue weighted by Gasteiger charge is -2.11. The summed E-state index contributed by atoms with van der Waals surface area (Å²) in [6.45, 7) is 9.58. The second-order valence-corrected chi connectivity index (χ2v) is 4.93. The highest BCUT2D eigenvalue weighted by Gasteiger charge is 2.13. The summed E-state index contributed by atoms with van der Waals surface area (Å²) in [5.41, 5.74) is 0. The molecular weight excluding hydrogens is 238 g/mol. The largest absolute Gasteiger partial charge is 0.370 e. The van der Waals surface area contributed by atoms with Crippen LogP contribution in [0, 0.1) is 12.8 Å². The van der Waals surface area contributed by atoms with E-state index in [2.05, 4.69) is 32.5 Å². The minimum Gasteiger partial charge on any atom is -0.370 e. The fourth-order valence-corrected chi connectivity index (χ4v) is 2.29. The van der Waals surface area contributed by atoms with E-state index in [9.17, 15) is 0 Å². The van der Waals surface area contributed by atoms with Gasteiger partial charge in [-0.1, -0.05) is 6.08 Å². The monoisotopic (exact) mass is 261 g/mol. The molecule has 2 rings (SSSR count). The van der Waals surface area contributed by atoms with Crippen molar-refractivity contribution in [3.8, 4) is 0 Å². The second-order valence-electron chi connectivity index (χ2n) is 4.93. The van der Waals surface area contributed by atoms with Crippen molar-refractivity contribution in [1.29, 1.82) is 0 Å². The zero-order valence-corrected chi connectivity index (χ0v) is 11.6. The molecule has 1 unspecified atom stereocenters. The molecule has 0 radical (unpaired) electrons. The van der Waals surface area contributed by atoms with E-state index in [1.807, 2.05) is 19.1 Å². The molecule has 0 aliphatic carbocycles. The average molecular weight is 261 g/mol. The minimum atomic E-state index is 0.712. The van der Waals surface area contributed by atoms with Crippen molar-refractivity contribution < 1.29 is 0 Å². The maximum absolute atomic E-state index is 4.40. The summed E-state index contributed by atoms with van der Waals surface area (Å²) in [4.78, 5) is 8.74. The third-order valence-corrected chi connectivity index (χ3v) is 3.29. The van der Waals surface area contributed by atoms with Crippen molar-refractivity contribution in [1.82, 2.24) is 15.3 Å². The average Bonchev–Trinajstić information content (AvgIpc) is 2.89. The molecule has 0 aromatic carbocycles. The predicted molar refractivity (Wildman–Crippen MR) is 79.5 cm³/mol. The zero-order chi connectivity index (χ0) is 13.5. The van der Waals surface area contributed by atoms with Crippen LogP contribution >= 0.6 is 0 Å². The Morgan fingerprint density at radius 2 is 2.21 bits per heavy atom. The van der Waals surface area contributed by atoms with Gasteiger partial charge in [-0.05, 0) is 38.8 Å². The highest BCUT2D eigenvalue weighted by Crippen LogP contribution is 2.14. The maximum Gasteiger partial charge on any atom is 0.132 e. The summed E-state index contributed by atoms with van der Waals surface area (Å²) in [5.74, 6) is 3.32. The van der Waals surface area contributed by atoms with Crippen LogP contribution in [-0.4, -0.2) is 36.1 Å². The van der Waals surface area contributed by atoms with Crippen molar-refractivity contribution in [2.75, 3.05) is 36.8 Å². The van der Waals surface area contributed by atoms with Crippen LogP contribution in [0.5, 0.6) is 0 Å². The summed E-state index contributed by atoms with van der Waals surface area (Å²) < 4.78 is 0. The van der Waals surface area contributed by atoms with Gasteiger partial charge < -0.3 is 16.0 Å². The molecule has 0 saturated carbocycles. The van der Waals surface area contributed by atoms with Crippen LogP contribution in [0.4, 0.5) is 11.6 Å². The van der Waals surface area contributed by atoms with E-state index in [1.165, 1.54) is 12.8 Å². The van der Waals surface area contributed by atoms with Crippen LogP contribution in [-0.2, 0) is 0 Å². The molecule has 1 aliphatic heterocycles. The Labute approximate surface area is 114 Å². The zero-order valence-electron chi connectivity index (χ0n) is 11.6. The van der Waals surface area contributed by atoms with Gasteiger partial charge in [0.25, 0.3) is 0 Å². The smallest absolute Gasteiger partial charge is 0.132 e. The molecule has 1 aromatic rings. The van der Waals surface area contributed by atoms with E-state index in [0.717, 1.165) is 43.0 Å². The quantitative estimate of drug-likeness (QED) is 0.653. The Morgan fingerprint density at radius 3 is 2.89 bits per heavy atom. The molecule has 0 bridgehead atoms. The molecule has 1 saturated heterocycles. The van der Waals surface area contributed by atoms with Gasteiger partial charge in [-0.2, -0.15) is 0 Å². The molecule has 19 heavy (non-hydrogen) atoms. The minimum absolute atomic E-state index is 0.712. The highest BCUT2D eigenvalue weighted by molar-refractivity contribution is 5.47. The lowest BCUT2D eigenvalue weighted by atomic mass is 10.1. The van der Waals surface area contributed by atoms with Crippen LogP contribution in [0.15, 0.2) is 18.7 Å². The van der Waals surface area contributed by atoms with Crippen molar-refractivity contribution in [2.24, 2.45) is 5.92 Å². The van der Waals surface area contributed by atoms with E-state index in [0.29, 0.717) is 6.54 Å². The number of hydrogen-bond acceptors (Lipinski definition) is 5. The molecule has 2 heterocycles. The van der Waals surface area contributed by atoms with Crippen molar-refractivity contribution in [3.05, 3.63) is 24.5 Å². The molecule has 0 spiro atoms. The first-order chi connectivity index (χ1) is 9.28. The van der Waals surface area contributed by atoms with Gasteiger partial charge in [-0.15, -0.1) is 6.58 Å². The number of hydrogen-bond donors (Lipinski definition) is 3. The molecule has 0 amide bonds. The highest BCUT2D eigenvalue weighted by atomic mass is 15.1. The number of aromatic nitrogens is 2. The Kier molecular flexibility index (Phi) is 5.15. The van der Waals surface area contributed by atoms with Gasteiger partial charge in [-0.3, -0.25) is 0 Å². The Hall–Kier alpha value is -1.62. The first-order valence-corrected chi connectivity index (χ1v) is 6.93. The predicted octanol–water partition coefficient (Wildman–Crippen LogP) is 1.79. The molecule has 1 aliphatic rings. The van der Waals surface area contributed by atoms with Crippen LogP contribution in [0.25, 0.3) is 0 Å². The molecule has 5 nitrogen and oxygen atoms in total. The molecule has 1 atom stereocenters. The van der Waals surface area contributed by atoms with E-state index < -0.39 is 0 Å². The lowest BCUT2D eigenvalue weighted by Crippen LogP contribution is -2.13. The third kappa shape index (κ3) is 4.52. The van der Waals surface area contributed by atoms with Gasteiger partial charge in [0.15, 0.2) is 0 Å². The standard InChI is InChI=1S/C14H23N5/c1-3-6-16-13-9-14(19-11(2)18-13)17-8-5-12-4-7-15-10-12/h3,9,12,15H,1,4-8,10H2,2H3,(H2,16,17,18,19). The third-order valence-electron chi connectivity index (χ3n) is 3.29. The molecule has 104 valence electrons. The number of nitrogens with zero attached hydrogens (tertiary/aromatic N) is 2. The number of nitrogens with one attached hydrogen (secondary N) is 3. The first kappa shape index (κ1) is 13.8. The van der Waals surface area contributed by atoms with Gasteiger partial charge in [0.1, 0.15) is 17.5 Å². The van der Waals surface area contributed by atoms with Gasteiger partial charge in [-0.25, -0.2) is 9.97 Å². The molecule has 1 aromatic heterocycles. The topological polar surface area (TPSA) is 61.9 Å². The van der Waals surface area contributed by atoms with Gasteiger partial charge >= 0.3 is 0 Å². The molecular formula is C14H23N5. The van der Waals surface area contributed by atoms with E-state index >= 15 is 0 Å². The van der Waals surface area contributed by atoms with Crippen molar-refractivity contribution in [3.63, 3.8) is 0 Å². The summed E-state index contributed by atoms with van der Waals surface area (Å²) in [7, 11) is 0. The maximum atomic E-state index is 4.40. The summed E-state index contributed by atoms with van der Waals surface area (Å²) in [6.07, 6.45) is 4.29.